The maximum Gasteiger partial charge on any atom is 0.276 e. The van der Waals surface area contributed by atoms with Crippen molar-refractivity contribution >= 4 is 47.3 Å². The number of alkyl halides is 1. The number of H-pyrrole nitrogens is 1. The molecule has 11 nitrogen and oxygen atoms in total. The third-order valence-electron chi connectivity index (χ3n) is 9.51. The molecule has 3 N–H and O–H groups in total. The number of fused-ring (bicyclic) bond motifs is 1. The Bertz CT molecular complexity index is 1960. The summed E-state index contributed by atoms with van der Waals surface area (Å²) < 4.78 is 12.6. The number of hydrogen-bond acceptors (Lipinski definition) is 7. The van der Waals surface area contributed by atoms with Gasteiger partial charge in [-0.25, -0.2) is 4.99 Å². The number of anilines is 1. The maximum atomic E-state index is 13.7. The minimum Gasteiger partial charge on any atom is -0.379 e. The summed E-state index contributed by atoms with van der Waals surface area (Å²) in [5, 5.41) is 8.40. The van der Waals surface area contributed by atoms with E-state index in [1.165, 1.54) is 4.57 Å². The summed E-state index contributed by atoms with van der Waals surface area (Å²) in [7, 11) is 3.95. The van der Waals surface area contributed by atoms with E-state index < -0.39 is 0 Å². The van der Waals surface area contributed by atoms with E-state index in [1.807, 2.05) is 79.7 Å². The lowest BCUT2D eigenvalue weighted by Crippen LogP contribution is -2.44. The molecule has 1 aromatic heterocycles. The normalized spacial score (nSPS) is 18.1. The number of benzene rings is 2. The van der Waals surface area contributed by atoms with Gasteiger partial charge in [0, 0.05) is 56.0 Å². The van der Waals surface area contributed by atoms with E-state index in [4.69, 9.17) is 21.1 Å². The lowest BCUT2D eigenvalue weighted by molar-refractivity contribution is -0.126. The lowest BCUT2D eigenvalue weighted by Gasteiger charge is -2.28. The molecule has 2 aliphatic rings. The molecule has 12 heteroatoms. The van der Waals surface area contributed by atoms with Crippen LogP contribution in [0.1, 0.15) is 56.9 Å². The Kier molecular flexibility index (Phi) is 15.5. The zero-order valence-corrected chi connectivity index (χ0v) is 31.7. The molecule has 2 amide bonds. The number of carbonyl (C=O) groups is 2. The number of unbranched alkanes of at least 4 members (excludes halogenated alkanes) is 3. The number of amides is 2. The molecule has 5 rings (SSSR count). The van der Waals surface area contributed by atoms with Crippen molar-refractivity contribution in [1.29, 1.82) is 0 Å². The Labute approximate surface area is 316 Å². The van der Waals surface area contributed by atoms with Crippen molar-refractivity contribution in [3.8, 4) is 0 Å². The van der Waals surface area contributed by atoms with E-state index in [2.05, 4.69) is 20.6 Å². The minimum absolute atomic E-state index is 0.0224. The number of aromatic amines is 1. The molecule has 1 fully saturated rings. The average Bonchev–Trinajstić information content (AvgIpc) is 3.71. The highest BCUT2D eigenvalue weighted by Gasteiger charge is 2.27. The number of para-hydroxylation sites is 1. The highest BCUT2D eigenvalue weighted by atomic mass is 35.5. The number of nitrogens with one attached hydrogen (secondary N) is 3. The molecular weight excluding hydrogens is 692 g/mol. The number of aromatic nitrogens is 2. The number of ether oxygens (including phenoxy) is 2. The van der Waals surface area contributed by atoms with Crippen molar-refractivity contribution in [3.05, 3.63) is 97.6 Å². The first-order valence-corrected chi connectivity index (χ1v) is 19.3. The average molecular weight is 745 g/mol. The van der Waals surface area contributed by atoms with Crippen LogP contribution in [-0.4, -0.2) is 80.4 Å². The molecule has 0 spiro atoms. The topological polar surface area (TPSA) is 130 Å². The third-order valence-corrected chi connectivity index (χ3v) is 9.77. The van der Waals surface area contributed by atoms with Gasteiger partial charge in [0.2, 0.25) is 11.8 Å². The molecule has 2 aromatic carbocycles. The number of nitrogens with zero attached hydrogens (tertiary/aromatic N) is 3. The van der Waals surface area contributed by atoms with Gasteiger partial charge in [-0.1, -0.05) is 43.2 Å². The largest absolute Gasteiger partial charge is 0.379 e. The van der Waals surface area contributed by atoms with Crippen molar-refractivity contribution in [1.82, 2.24) is 20.2 Å². The fourth-order valence-electron chi connectivity index (χ4n) is 6.51. The van der Waals surface area contributed by atoms with Crippen LogP contribution in [0.25, 0.3) is 18.2 Å². The second kappa shape index (κ2) is 20.7. The summed E-state index contributed by atoms with van der Waals surface area (Å²) in [6.07, 6.45) is 14.5. The first kappa shape index (κ1) is 39.8. The minimum atomic E-state index is -0.289. The number of rotatable bonds is 19. The number of hydrogen-bond donors (Lipinski definition) is 3. The summed E-state index contributed by atoms with van der Waals surface area (Å²) in [5.41, 5.74) is 2.89. The van der Waals surface area contributed by atoms with Crippen molar-refractivity contribution in [2.45, 2.75) is 64.0 Å². The standard InChI is InChI=1S/C41H53ClN6O5/c1-47(2)35-18-11-30(12-19-35)27-37-41(51)48(38(46-37)20-17-34-28-32-9-5-6-10-36(32)44-34)29-39(49)45-33-15-13-31(14-16-33)40(50)43-22-24-53-26-25-52-23-8-4-3-7-21-42/h5-6,9-12,17-20,27-28,31,33,46H,3-4,7-8,13-16,21-26,29H2,1-2H3,(H,43,50)(H,45,49)/b34-17?,37-27+,38-20?. The van der Waals surface area contributed by atoms with Gasteiger partial charge in [0.25, 0.3) is 5.56 Å². The summed E-state index contributed by atoms with van der Waals surface area (Å²) in [5.74, 6) is 0.391. The van der Waals surface area contributed by atoms with Crippen LogP contribution in [0, 0.1) is 5.92 Å². The number of carbonyl (C=O) groups excluding carboxylic acids is 2. The second-order valence-electron chi connectivity index (χ2n) is 13.8. The molecule has 53 heavy (non-hydrogen) atoms. The molecule has 0 radical (unpaired) electrons. The van der Waals surface area contributed by atoms with E-state index in [0.717, 1.165) is 59.8 Å². The zero-order valence-electron chi connectivity index (χ0n) is 31.0. The number of halogens is 1. The SMILES string of the molecule is CN(C)c1ccc(/C=c2/[nH]c(=CC=C3C=c4ccccc4=N3)n(CC(=O)NC3CCC(C(=O)NCCOCCOCCCCCCCl)CC3)c2=O)cc1. The van der Waals surface area contributed by atoms with Crippen LogP contribution in [0.5, 0.6) is 0 Å². The Morgan fingerprint density at radius 3 is 2.42 bits per heavy atom. The predicted octanol–water partition coefficient (Wildman–Crippen LogP) is 2.47. The molecule has 0 atom stereocenters. The maximum absolute atomic E-state index is 13.7. The van der Waals surface area contributed by atoms with E-state index in [-0.39, 0.29) is 35.9 Å². The van der Waals surface area contributed by atoms with Gasteiger partial charge in [0.1, 0.15) is 17.4 Å². The van der Waals surface area contributed by atoms with Crippen LogP contribution in [0.15, 0.2) is 70.1 Å². The Morgan fingerprint density at radius 2 is 1.68 bits per heavy atom. The summed E-state index contributed by atoms with van der Waals surface area (Å²) in [6.45, 7) is 2.53. The first-order valence-electron chi connectivity index (χ1n) is 18.7. The first-order chi connectivity index (χ1) is 25.8. The van der Waals surface area contributed by atoms with Gasteiger partial charge < -0.3 is 30.0 Å². The van der Waals surface area contributed by atoms with Gasteiger partial charge in [0.05, 0.1) is 30.9 Å². The molecular formula is C41H53ClN6O5. The van der Waals surface area contributed by atoms with Crippen molar-refractivity contribution in [2.24, 2.45) is 10.9 Å². The van der Waals surface area contributed by atoms with Gasteiger partial charge in [-0.15, -0.1) is 11.6 Å². The quantitative estimate of drug-likeness (QED) is 0.128. The molecule has 284 valence electrons. The van der Waals surface area contributed by atoms with Crippen molar-refractivity contribution in [3.63, 3.8) is 0 Å². The summed E-state index contributed by atoms with van der Waals surface area (Å²) >= 11 is 5.69. The van der Waals surface area contributed by atoms with Gasteiger partial charge in [-0.2, -0.15) is 0 Å². The van der Waals surface area contributed by atoms with Crippen molar-refractivity contribution < 1.29 is 19.1 Å². The summed E-state index contributed by atoms with van der Waals surface area (Å²) in [4.78, 5) is 49.7. The predicted molar refractivity (Wildman–Crippen MR) is 211 cm³/mol. The smallest absolute Gasteiger partial charge is 0.276 e. The van der Waals surface area contributed by atoms with E-state index in [9.17, 15) is 14.4 Å². The van der Waals surface area contributed by atoms with Crippen LogP contribution in [0.4, 0.5) is 5.69 Å². The van der Waals surface area contributed by atoms with Crippen LogP contribution < -0.4 is 42.5 Å². The third kappa shape index (κ3) is 12.3. The lowest BCUT2D eigenvalue weighted by atomic mass is 9.85. The van der Waals surface area contributed by atoms with Gasteiger partial charge in [-0.05, 0) is 86.6 Å². The van der Waals surface area contributed by atoms with Crippen LogP contribution >= 0.6 is 11.6 Å². The molecule has 3 aromatic rings. The number of allylic oxidation sites excluding steroid dienone is 2. The monoisotopic (exact) mass is 744 g/mol. The van der Waals surface area contributed by atoms with Crippen LogP contribution in [0.3, 0.4) is 0 Å². The summed E-state index contributed by atoms with van der Waals surface area (Å²) in [6, 6.07) is 15.7. The molecule has 0 saturated heterocycles. The molecule has 1 saturated carbocycles. The van der Waals surface area contributed by atoms with E-state index in [0.29, 0.717) is 68.8 Å². The molecule has 1 aliphatic carbocycles. The Morgan fingerprint density at radius 1 is 0.943 bits per heavy atom. The molecule has 1 aliphatic heterocycles. The zero-order chi connectivity index (χ0) is 37.4. The molecule has 2 heterocycles. The molecule has 0 unspecified atom stereocenters. The second-order valence-corrected chi connectivity index (χ2v) is 14.1. The molecule has 0 bridgehead atoms. The highest BCUT2D eigenvalue weighted by molar-refractivity contribution is 6.17. The van der Waals surface area contributed by atoms with Gasteiger partial charge in [0.15, 0.2) is 0 Å². The van der Waals surface area contributed by atoms with E-state index >= 15 is 0 Å². The van der Waals surface area contributed by atoms with Crippen LogP contribution in [-0.2, 0) is 25.6 Å². The number of imidazole rings is 1. The Hall–Kier alpha value is -4.45. The highest BCUT2D eigenvalue weighted by Crippen LogP contribution is 2.24. The van der Waals surface area contributed by atoms with E-state index in [1.54, 1.807) is 12.2 Å². The Balaban J connectivity index is 1.13. The van der Waals surface area contributed by atoms with Gasteiger partial charge >= 0.3 is 0 Å². The van der Waals surface area contributed by atoms with Gasteiger partial charge in [-0.3, -0.25) is 19.0 Å². The fourth-order valence-corrected chi connectivity index (χ4v) is 6.70. The van der Waals surface area contributed by atoms with Crippen LogP contribution in [0.2, 0.25) is 0 Å². The fraction of sp³-hybridized carbons (Fsp3) is 0.463. The van der Waals surface area contributed by atoms with Crippen molar-refractivity contribution in [2.75, 3.05) is 57.8 Å².